The van der Waals surface area contributed by atoms with Crippen LogP contribution in [0.3, 0.4) is 0 Å². The lowest BCUT2D eigenvalue weighted by Gasteiger charge is -2.12. The van der Waals surface area contributed by atoms with Gasteiger partial charge in [-0.2, -0.15) is 5.26 Å². The number of nitrogens with one attached hydrogen (secondary N) is 1. The van der Waals surface area contributed by atoms with Crippen LogP contribution in [-0.2, 0) is 4.79 Å². The van der Waals surface area contributed by atoms with Crippen molar-refractivity contribution in [3.63, 3.8) is 0 Å². The van der Waals surface area contributed by atoms with Gasteiger partial charge in [-0.1, -0.05) is 35.0 Å². The first-order valence-electron chi connectivity index (χ1n) is 9.30. The molecule has 0 saturated heterocycles. The smallest absolute Gasteiger partial charge is 0.224 e. The molecule has 0 aliphatic rings. The van der Waals surface area contributed by atoms with Crippen LogP contribution in [0.2, 0.25) is 0 Å². The summed E-state index contributed by atoms with van der Waals surface area (Å²) in [4.78, 5) is 24.7. The zero-order chi connectivity index (χ0) is 21.7. The van der Waals surface area contributed by atoms with Crippen molar-refractivity contribution in [2.75, 3.05) is 11.1 Å². The van der Waals surface area contributed by atoms with Gasteiger partial charge in [0.15, 0.2) is 11.6 Å². The quantitative estimate of drug-likeness (QED) is 0.504. The number of rotatable bonds is 7. The number of nitriles is 1. The summed E-state index contributed by atoms with van der Waals surface area (Å²) < 4.78 is 2.42. The van der Waals surface area contributed by atoms with Gasteiger partial charge in [0.1, 0.15) is 11.6 Å². The summed E-state index contributed by atoms with van der Waals surface area (Å²) in [6, 6.07) is 16.2. The van der Waals surface area contributed by atoms with Gasteiger partial charge in [0, 0.05) is 28.6 Å². The third kappa shape index (κ3) is 5.33. The Balaban J connectivity index is 1.54. The first-order chi connectivity index (χ1) is 14.4. The minimum atomic E-state index is -0.158. The first kappa shape index (κ1) is 21.3. The van der Waals surface area contributed by atoms with E-state index in [0.717, 1.165) is 10.2 Å². The fraction of sp³-hybridized carbons (Fsp3) is 0.182. The number of anilines is 2. The van der Waals surface area contributed by atoms with Crippen LogP contribution in [0.4, 0.5) is 11.5 Å². The van der Waals surface area contributed by atoms with E-state index >= 15 is 0 Å². The molecule has 0 saturated carbocycles. The molecule has 0 aliphatic heterocycles. The molecule has 3 rings (SSSR count). The van der Waals surface area contributed by atoms with Gasteiger partial charge in [0.2, 0.25) is 5.91 Å². The molecule has 1 unspecified atom stereocenters. The molecule has 152 valence electrons. The topological polar surface area (TPSA) is 114 Å². The van der Waals surface area contributed by atoms with Crippen molar-refractivity contribution in [2.24, 2.45) is 5.92 Å². The Labute approximate surface area is 182 Å². The molecular formula is C22H20BrN5O2. The van der Waals surface area contributed by atoms with Crippen molar-refractivity contribution in [3.05, 3.63) is 70.3 Å². The molecule has 0 bridgehead atoms. The van der Waals surface area contributed by atoms with E-state index in [4.69, 9.17) is 11.0 Å². The maximum absolute atomic E-state index is 12.3. The SMILES string of the molecule is CC(CC(=O)Nc1ccc(-n2cc(C#N)c(N)n2)cc1)CC(=O)c1ccc(Br)cc1. The second kappa shape index (κ2) is 9.37. The van der Waals surface area contributed by atoms with E-state index in [9.17, 15) is 9.59 Å². The number of carbonyl (C=O) groups is 2. The second-order valence-electron chi connectivity index (χ2n) is 7.02. The highest BCUT2D eigenvalue weighted by atomic mass is 79.9. The van der Waals surface area contributed by atoms with Gasteiger partial charge in [-0.3, -0.25) is 9.59 Å². The third-order valence-corrected chi connectivity index (χ3v) is 5.04. The number of nitrogens with two attached hydrogens (primary N) is 1. The minimum absolute atomic E-state index is 0.0161. The number of halogens is 1. The van der Waals surface area contributed by atoms with E-state index in [0.29, 0.717) is 23.2 Å². The molecule has 8 heteroatoms. The Morgan fingerprint density at radius 1 is 1.17 bits per heavy atom. The van der Waals surface area contributed by atoms with Crippen LogP contribution in [0, 0.1) is 17.2 Å². The summed E-state index contributed by atoms with van der Waals surface area (Å²) in [5.74, 6) is -0.0604. The zero-order valence-corrected chi connectivity index (χ0v) is 17.9. The highest BCUT2D eigenvalue weighted by molar-refractivity contribution is 9.10. The lowest BCUT2D eigenvalue weighted by atomic mass is 9.97. The van der Waals surface area contributed by atoms with Crippen molar-refractivity contribution in [1.82, 2.24) is 9.78 Å². The number of ketones is 1. The molecule has 1 amide bonds. The molecule has 30 heavy (non-hydrogen) atoms. The average Bonchev–Trinajstić information content (AvgIpc) is 3.09. The minimum Gasteiger partial charge on any atom is -0.381 e. The first-order valence-corrected chi connectivity index (χ1v) is 10.1. The maximum atomic E-state index is 12.3. The number of hydrogen-bond donors (Lipinski definition) is 2. The van der Waals surface area contributed by atoms with Gasteiger partial charge in [-0.05, 0) is 42.3 Å². The molecule has 0 radical (unpaired) electrons. The number of hydrogen-bond acceptors (Lipinski definition) is 5. The van der Waals surface area contributed by atoms with Crippen molar-refractivity contribution in [1.29, 1.82) is 5.26 Å². The van der Waals surface area contributed by atoms with Gasteiger partial charge in [-0.15, -0.1) is 5.10 Å². The van der Waals surface area contributed by atoms with Crippen LogP contribution in [0.1, 0.15) is 35.7 Å². The number of aromatic nitrogens is 2. The normalized spacial score (nSPS) is 11.5. The number of benzene rings is 2. The molecule has 3 aromatic rings. The molecular weight excluding hydrogens is 446 g/mol. The van der Waals surface area contributed by atoms with Crippen molar-refractivity contribution in [3.8, 4) is 11.8 Å². The molecule has 3 N–H and O–H groups in total. The van der Waals surface area contributed by atoms with Gasteiger partial charge >= 0.3 is 0 Å². The standard InChI is InChI=1S/C22H20BrN5O2/c1-14(10-20(29)15-2-4-17(23)5-3-15)11-21(30)26-18-6-8-19(9-7-18)28-13-16(12-24)22(25)27-28/h2-9,13-14H,10-11H2,1H3,(H2,25,27)(H,26,30). The largest absolute Gasteiger partial charge is 0.381 e. The molecule has 2 aromatic carbocycles. The number of nitrogen functional groups attached to an aromatic ring is 1. The monoisotopic (exact) mass is 465 g/mol. The molecule has 1 atom stereocenters. The zero-order valence-electron chi connectivity index (χ0n) is 16.3. The van der Waals surface area contributed by atoms with E-state index < -0.39 is 0 Å². The number of Topliss-reactive ketones (excluding diaryl/α,β-unsaturated/α-hetero) is 1. The second-order valence-corrected chi connectivity index (χ2v) is 7.94. The van der Waals surface area contributed by atoms with Gasteiger partial charge in [0.25, 0.3) is 0 Å². The Bertz CT molecular complexity index is 1100. The van der Waals surface area contributed by atoms with Crippen molar-refractivity contribution < 1.29 is 9.59 Å². The predicted octanol–water partition coefficient (Wildman–Crippen LogP) is 4.33. The molecule has 1 aromatic heterocycles. The van der Waals surface area contributed by atoms with Crippen LogP contribution in [-0.4, -0.2) is 21.5 Å². The van der Waals surface area contributed by atoms with Gasteiger partial charge in [-0.25, -0.2) is 4.68 Å². The third-order valence-electron chi connectivity index (χ3n) is 4.51. The van der Waals surface area contributed by atoms with Crippen LogP contribution >= 0.6 is 15.9 Å². The van der Waals surface area contributed by atoms with Crippen LogP contribution in [0.5, 0.6) is 0 Å². The summed E-state index contributed by atoms with van der Waals surface area (Å²) in [7, 11) is 0. The highest BCUT2D eigenvalue weighted by Crippen LogP contribution is 2.19. The van der Waals surface area contributed by atoms with E-state index in [1.165, 1.54) is 4.68 Å². The van der Waals surface area contributed by atoms with Gasteiger partial charge < -0.3 is 11.1 Å². The summed E-state index contributed by atoms with van der Waals surface area (Å²) in [5.41, 5.74) is 7.97. The number of nitrogens with zero attached hydrogens (tertiary/aromatic N) is 3. The van der Waals surface area contributed by atoms with Crippen LogP contribution < -0.4 is 11.1 Å². The molecule has 0 fully saturated rings. The summed E-state index contributed by atoms with van der Waals surface area (Å²) in [6.07, 6.45) is 2.09. The fourth-order valence-electron chi connectivity index (χ4n) is 2.97. The van der Waals surface area contributed by atoms with Crippen LogP contribution in [0.25, 0.3) is 5.69 Å². The summed E-state index contributed by atoms with van der Waals surface area (Å²) >= 11 is 3.35. The number of amides is 1. The Hall–Kier alpha value is -3.44. The molecule has 1 heterocycles. The summed E-state index contributed by atoms with van der Waals surface area (Å²) in [5, 5.41) is 15.9. The molecule has 0 spiro atoms. The van der Waals surface area contributed by atoms with E-state index in [1.807, 2.05) is 25.1 Å². The average molecular weight is 466 g/mol. The van der Waals surface area contributed by atoms with Crippen molar-refractivity contribution in [2.45, 2.75) is 19.8 Å². The Morgan fingerprint density at radius 3 is 2.43 bits per heavy atom. The molecule has 7 nitrogen and oxygen atoms in total. The summed E-state index contributed by atoms with van der Waals surface area (Å²) in [6.45, 7) is 1.88. The van der Waals surface area contributed by atoms with E-state index in [-0.39, 0.29) is 29.8 Å². The van der Waals surface area contributed by atoms with Gasteiger partial charge in [0.05, 0.1) is 11.9 Å². The fourth-order valence-corrected chi connectivity index (χ4v) is 3.24. The van der Waals surface area contributed by atoms with E-state index in [2.05, 4.69) is 26.3 Å². The Kier molecular flexibility index (Phi) is 6.65. The predicted molar refractivity (Wildman–Crippen MR) is 118 cm³/mol. The number of carbonyl (C=O) groups excluding carboxylic acids is 2. The maximum Gasteiger partial charge on any atom is 0.224 e. The van der Waals surface area contributed by atoms with Crippen molar-refractivity contribution >= 4 is 39.1 Å². The highest BCUT2D eigenvalue weighted by Gasteiger charge is 2.15. The van der Waals surface area contributed by atoms with E-state index in [1.54, 1.807) is 42.6 Å². The van der Waals surface area contributed by atoms with Crippen LogP contribution in [0.15, 0.2) is 59.2 Å². The lowest BCUT2D eigenvalue weighted by molar-refractivity contribution is -0.116. The lowest BCUT2D eigenvalue weighted by Crippen LogP contribution is -2.17. The molecule has 0 aliphatic carbocycles. The Morgan fingerprint density at radius 2 is 1.83 bits per heavy atom.